The van der Waals surface area contributed by atoms with Crippen LogP contribution in [0, 0.1) is 5.92 Å². The highest BCUT2D eigenvalue weighted by atomic mass is 35.5. The number of hydrogen-bond donors (Lipinski definition) is 1. The number of rotatable bonds is 4. The van der Waals surface area contributed by atoms with Crippen LogP contribution in [0.1, 0.15) is 44.2 Å². The van der Waals surface area contributed by atoms with Gasteiger partial charge in [-0.1, -0.05) is 53.9 Å². The summed E-state index contributed by atoms with van der Waals surface area (Å²) in [6.45, 7) is 3.89. The number of nitrogens with zero attached hydrogens (tertiary/aromatic N) is 3. The van der Waals surface area contributed by atoms with Gasteiger partial charge in [0.1, 0.15) is 18.8 Å². The van der Waals surface area contributed by atoms with Crippen LogP contribution < -0.4 is 10.4 Å². The monoisotopic (exact) mass is 493 g/mol. The van der Waals surface area contributed by atoms with Gasteiger partial charge in [-0.05, 0) is 61.6 Å². The summed E-state index contributed by atoms with van der Waals surface area (Å²) in [6, 6.07) is 12.8. The number of quaternary nitrogens is 1. The number of hydrogen-bond acceptors (Lipinski definition) is 3. The lowest BCUT2D eigenvalue weighted by molar-refractivity contribution is -0.942. The molecule has 4 rings (SSSR count). The van der Waals surface area contributed by atoms with E-state index in [1.165, 1.54) is 12.8 Å². The van der Waals surface area contributed by atoms with Gasteiger partial charge in [0.05, 0.1) is 23.8 Å². The third kappa shape index (κ3) is 4.91. The van der Waals surface area contributed by atoms with Crippen LogP contribution >= 0.6 is 34.8 Å². The maximum atomic E-state index is 13.4. The van der Waals surface area contributed by atoms with E-state index >= 15 is 0 Å². The molecule has 170 valence electrons. The van der Waals surface area contributed by atoms with Crippen molar-refractivity contribution in [2.75, 3.05) is 25.1 Å². The molecular weight excluding hydrogens is 467 g/mol. The first-order valence-corrected chi connectivity index (χ1v) is 12.2. The molecular formula is C24H28Cl3N4O+. The van der Waals surface area contributed by atoms with Gasteiger partial charge in [0, 0.05) is 16.0 Å². The zero-order valence-electron chi connectivity index (χ0n) is 18.3. The molecule has 8 heteroatoms. The van der Waals surface area contributed by atoms with Gasteiger partial charge in [0.25, 0.3) is 0 Å². The Balaban J connectivity index is 1.69. The number of nitrogens with one attached hydrogen (secondary N) is 1. The molecule has 0 aliphatic carbocycles. The smallest absolute Gasteiger partial charge is 0.263 e. The van der Waals surface area contributed by atoms with Crippen LogP contribution in [0.4, 0.5) is 5.69 Å². The summed E-state index contributed by atoms with van der Waals surface area (Å²) in [4.78, 5) is 13.4. The minimum atomic E-state index is -0.193. The summed E-state index contributed by atoms with van der Waals surface area (Å²) in [6.07, 6.45) is 4.64. The summed E-state index contributed by atoms with van der Waals surface area (Å²) in [7, 11) is 2.09. The molecule has 2 heterocycles. The molecule has 5 nitrogen and oxygen atoms in total. The van der Waals surface area contributed by atoms with Crippen molar-refractivity contribution in [2.24, 2.45) is 11.0 Å². The molecule has 0 bridgehead atoms. The van der Waals surface area contributed by atoms with E-state index in [9.17, 15) is 4.79 Å². The van der Waals surface area contributed by atoms with Crippen LogP contribution in [0.2, 0.25) is 15.1 Å². The van der Waals surface area contributed by atoms with Gasteiger partial charge in [0.15, 0.2) is 0 Å². The van der Waals surface area contributed by atoms with E-state index in [4.69, 9.17) is 39.9 Å². The molecule has 2 aliphatic rings. The van der Waals surface area contributed by atoms with Crippen LogP contribution in [0.25, 0.3) is 0 Å². The van der Waals surface area contributed by atoms with E-state index in [0.717, 1.165) is 31.5 Å². The molecule has 2 aromatic rings. The highest BCUT2D eigenvalue weighted by Gasteiger charge is 2.42. The Hall–Kier alpha value is -1.79. The summed E-state index contributed by atoms with van der Waals surface area (Å²) >= 11 is 18.8. The topological polar surface area (TPSA) is 44.7 Å². The number of halogens is 3. The normalized spacial score (nSPS) is 22.9. The summed E-state index contributed by atoms with van der Waals surface area (Å²) in [5.74, 6) is -0.282. The molecule has 32 heavy (non-hydrogen) atoms. The van der Waals surface area contributed by atoms with Gasteiger partial charge < -0.3 is 0 Å². The Morgan fingerprint density at radius 3 is 2.25 bits per heavy atom. The first-order valence-electron chi connectivity index (χ1n) is 11.0. The van der Waals surface area contributed by atoms with E-state index in [-0.39, 0.29) is 17.9 Å². The predicted octanol–water partition coefficient (Wildman–Crippen LogP) is 6.25. The molecule has 1 saturated heterocycles. The van der Waals surface area contributed by atoms with Gasteiger partial charge in [0.2, 0.25) is 0 Å². The SMILES string of the molecule is C[C@H]1C(C(=O)N[N+]2(C)CCCCCC2)=NN(c2ccc(Cl)cc2Cl)[C@H]1c1ccc(Cl)cc1. The fourth-order valence-corrected chi connectivity index (χ4v) is 5.27. The van der Waals surface area contributed by atoms with Gasteiger partial charge in [-0.2, -0.15) is 10.5 Å². The second-order valence-electron chi connectivity index (χ2n) is 8.91. The Morgan fingerprint density at radius 2 is 1.62 bits per heavy atom. The van der Waals surface area contributed by atoms with Crippen LogP contribution in [-0.4, -0.2) is 36.3 Å². The number of anilines is 1. The van der Waals surface area contributed by atoms with E-state index < -0.39 is 0 Å². The van der Waals surface area contributed by atoms with Crippen LogP contribution in [0.3, 0.4) is 0 Å². The average molecular weight is 495 g/mol. The number of hydrazone groups is 1. The average Bonchev–Trinajstić information content (AvgIpc) is 2.93. The van der Waals surface area contributed by atoms with E-state index in [1.807, 2.05) is 42.3 Å². The maximum Gasteiger partial charge on any atom is 0.312 e. The number of carbonyl (C=O) groups is 1. The standard InChI is InChI=1S/C24H27Cl3N4O/c1-16-22(24(32)29-31(2)13-5-3-4-6-14-31)28-30(21-12-11-19(26)15-20(21)27)23(16)17-7-9-18(25)10-8-17/h7-12,15-16,23H,3-6,13-14H2,1-2H3/p+1/t16-,23+/m0/s1. The Bertz CT molecular complexity index is 1020. The Morgan fingerprint density at radius 1 is 1.00 bits per heavy atom. The van der Waals surface area contributed by atoms with Crippen molar-refractivity contribution >= 4 is 52.1 Å². The molecule has 1 fully saturated rings. The van der Waals surface area contributed by atoms with Gasteiger partial charge in [-0.25, -0.2) is 4.59 Å². The fraction of sp³-hybridized carbons (Fsp3) is 0.417. The Kier molecular flexibility index (Phi) is 7.01. The molecule has 0 unspecified atom stereocenters. The lowest BCUT2D eigenvalue weighted by atomic mass is 9.91. The highest BCUT2D eigenvalue weighted by molar-refractivity contribution is 6.40. The number of likely N-dealkylation sites (tertiary alicyclic amines) is 1. The maximum absolute atomic E-state index is 13.4. The summed E-state index contributed by atoms with van der Waals surface area (Å²) < 4.78 is 0.540. The molecule has 0 saturated carbocycles. The second-order valence-corrected chi connectivity index (χ2v) is 10.2. The van der Waals surface area contributed by atoms with Crippen molar-refractivity contribution in [2.45, 2.75) is 38.6 Å². The third-order valence-electron chi connectivity index (χ3n) is 6.41. The van der Waals surface area contributed by atoms with Crippen molar-refractivity contribution in [3.8, 4) is 0 Å². The van der Waals surface area contributed by atoms with Crippen molar-refractivity contribution in [1.82, 2.24) is 5.43 Å². The lowest BCUT2D eigenvalue weighted by Gasteiger charge is -2.32. The van der Waals surface area contributed by atoms with Gasteiger partial charge in [-0.3, -0.25) is 9.80 Å². The van der Waals surface area contributed by atoms with Crippen molar-refractivity contribution < 1.29 is 9.39 Å². The van der Waals surface area contributed by atoms with Gasteiger partial charge in [-0.15, -0.1) is 0 Å². The zero-order valence-corrected chi connectivity index (χ0v) is 20.6. The molecule has 0 spiro atoms. The minimum Gasteiger partial charge on any atom is -0.263 e. The first-order chi connectivity index (χ1) is 15.3. The second kappa shape index (κ2) is 9.60. The zero-order chi connectivity index (χ0) is 22.9. The quantitative estimate of drug-likeness (QED) is 0.510. The van der Waals surface area contributed by atoms with Crippen LogP contribution in [-0.2, 0) is 4.79 Å². The highest BCUT2D eigenvalue weighted by Crippen LogP contribution is 2.42. The summed E-state index contributed by atoms with van der Waals surface area (Å²) in [5, 5.41) is 8.33. The molecule has 1 amide bonds. The third-order valence-corrected chi connectivity index (χ3v) is 7.20. The molecule has 2 aliphatic heterocycles. The lowest BCUT2D eigenvalue weighted by Crippen LogP contribution is -2.59. The van der Waals surface area contributed by atoms with Crippen molar-refractivity contribution in [3.63, 3.8) is 0 Å². The largest absolute Gasteiger partial charge is 0.312 e. The van der Waals surface area contributed by atoms with E-state index in [1.54, 1.807) is 12.1 Å². The minimum absolute atomic E-state index is 0.131. The van der Waals surface area contributed by atoms with E-state index in [2.05, 4.69) is 12.5 Å². The van der Waals surface area contributed by atoms with Gasteiger partial charge >= 0.3 is 5.91 Å². The van der Waals surface area contributed by atoms with Crippen molar-refractivity contribution in [1.29, 1.82) is 0 Å². The molecule has 0 radical (unpaired) electrons. The summed E-state index contributed by atoms with van der Waals surface area (Å²) in [5.41, 5.74) is 5.47. The molecule has 0 aromatic heterocycles. The number of carbonyl (C=O) groups excluding carboxylic acids is 1. The van der Waals surface area contributed by atoms with Crippen LogP contribution in [0.15, 0.2) is 47.6 Å². The molecule has 2 atom stereocenters. The van der Waals surface area contributed by atoms with Crippen LogP contribution in [0.5, 0.6) is 0 Å². The predicted molar refractivity (Wildman–Crippen MR) is 132 cm³/mol. The number of benzene rings is 2. The fourth-order valence-electron chi connectivity index (χ4n) is 4.64. The Labute approximate surface area is 204 Å². The molecule has 2 aromatic carbocycles. The first kappa shape index (κ1) is 23.4. The van der Waals surface area contributed by atoms with E-state index in [0.29, 0.717) is 31.1 Å². The molecule has 1 N–H and O–H groups in total. The number of amides is 1. The van der Waals surface area contributed by atoms with Crippen molar-refractivity contribution in [3.05, 3.63) is 63.1 Å².